The molecule has 1 saturated heterocycles. The van der Waals surface area contributed by atoms with E-state index in [0.717, 1.165) is 24.2 Å². The zero-order valence-electron chi connectivity index (χ0n) is 18.7. The summed E-state index contributed by atoms with van der Waals surface area (Å²) in [5.74, 6) is 0.511. The number of methoxy groups -OCH3 is 1. The van der Waals surface area contributed by atoms with Crippen LogP contribution in [0.3, 0.4) is 0 Å². The molecule has 2 N–H and O–H groups in total. The van der Waals surface area contributed by atoms with Gasteiger partial charge < -0.3 is 19.7 Å². The second-order valence-corrected chi connectivity index (χ2v) is 9.74. The third kappa shape index (κ3) is 6.29. The Morgan fingerprint density at radius 3 is 2.41 bits per heavy atom. The van der Waals surface area contributed by atoms with Gasteiger partial charge in [-0.25, -0.2) is 13.1 Å². The Morgan fingerprint density at radius 2 is 1.84 bits per heavy atom. The van der Waals surface area contributed by atoms with Crippen molar-refractivity contribution in [3.8, 4) is 5.75 Å². The van der Waals surface area contributed by atoms with E-state index in [1.54, 1.807) is 7.11 Å². The van der Waals surface area contributed by atoms with Gasteiger partial charge >= 0.3 is 0 Å². The van der Waals surface area contributed by atoms with Gasteiger partial charge in [0.25, 0.3) is 5.91 Å². The molecule has 0 bridgehead atoms. The lowest BCUT2D eigenvalue weighted by Crippen LogP contribution is -2.34. The van der Waals surface area contributed by atoms with Crippen LogP contribution in [0.5, 0.6) is 5.75 Å². The van der Waals surface area contributed by atoms with Crippen molar-refractivity contribution in [3.63, 3.8) is 0 Å². The number of benzene rings is 2. The van der Waals surface area contributed by atoms with Crippen molar-refractivity contribution >= 4 is 15.9 Å². The van der Waals surface area contributed by atoms with Gasteiger partial charge in [0.05, 0.1) is 24.2 Å². The zero-order chi connectivity index (χ0) is 23.1. The molecular formula is C23H31N3O5S. The zero-order valence-corrected chi connectivity index (χ0v) is 19.5. The molecule has 0 spiro atoms. The Hall–Kier alpha value is -2.46. The fourth-order valence-electron chi connectivity index (χ4n) is 3.59. The van der Waals surface area contributed by atoms with E-state index in [4.69, 9.17) is 9.47 Å². The van der Waals surface area contributed by atoms with Crippen LogP contribution >= 0.6 is 0 Å². The van der Waals surface area contributed by atoms with Gasteiger partial charge in [0.1, 0.15) is 5.75 Å². The van der Waals surface area contributed by atoms with Gasteiger partial charge in [-0.05, 0) is 68.9 Å². The lowest BCUT2D eigenvalue weighted by Gasteiger charge is -2.25. The number of ether oxygens (including phenoxy) is 2. The summed E-state index contributed by atoms with van der Waals surface area (Å²) in [7, 11) is 1.87. The quantitative estimate of drug-likeness (QED) is 0.563. The highest BCUT2D eigenvalue weighted by Gasteiger charge is 2.21. The molecule has 3 rings (SSSR count). The minimum Gasteiger partial charge on any atom is -0.497 e. The van der Waals surface area contributed by atoms with Gasteiger partial charge in [0, 0.05) is 25.3 Å². The number of rotatable bonds is 10. The first-order valence-corrected chi connectivity index (χ1v) is 12.1. The average Bonchev–Trinajstić information content (AvgIpc) is 3.32. The Kier molecular flexibility index (Phi) is 8.25. The first-order chi connectivity index (χ1) is 15.3. The third-order valence-electron chi connectivity index (χ3n) is 5.53. The number of nitrogens with zero attached hydrogens (tertiary/aromatic N) is 1. The molecular weight excluding hydrogens is 430 g/mol. The molecule has 0 aliphatic carbocycles. The number of likely N-dealkylation sites (N-methyl/N-ethyl adjacent to an activating group) is 1. The van der Waals surface area contributed by atoms with Crippen molar-refractivity contribution in [2.75, 3.05) is 40.9 Å². The first-order valence-electron chi connectivity index (χ1n) is 10.6. The summed E-state index contributed by atoms with van der Waals surface area (Å²) in [4.78, 5) is 14.8. The van der Waals surface area contributed by atoms with E-state index in [1.165, 1.54) is 24.3 Å². The van der Waals surface area contributed by atoms with E-state index in [2.05, 4.69) is 10.0 Å². The fraction of sp³-hybridized carbons (Fsp3) is 0.435. The standard InChI is InChI=1S/C23H31N3O5S/c1-26(2)22(17-6-10-19(30-3)11-7-17)16-24-23(27)18-8-12-21(13-9-18)32(28,29)25-15-20-5-4-14-31-20/h6-13,20,22,25H,4-5,14-16H2,1-3H3,(H,24,27)/t20-,22+/m0/s1. The number of carbonyl (C=O) groups excluding carboxylic acids is 1. The Balaban J connectivity index is 1.59. The summed E-state index contributed by atoms with van der Waals surface area (Å²) in [5, 5.41) is 2.93. The Bertz CT molecular complexity index is 985. The van der Waals surface area contributed by atoms with Crippen molar-refractivity contribution in [1.29, 1.82) is 0 Å². The summed E-state index contributed by atoms with van der Waals surface area (Å²) >= 11 is 0. The van der Waals surface area contributed by atoms with Crippen LogP contribution in [0.15, 0.2) is 53.4 Å². The summed E-state index contributed by atoms with van der Waals surface area (Å²) in [6, 6.07) is 13.6. The van der Waals surface area contributed by atoms with Crippen LogP contribution < -0.4 is 14.8 Å². The molecule has 1 amide bonds. The fourth-order valence-corrected chi connectivity index (χ4v) is 4.66. The van der Waals surface area contributed by atoms with Crippen molar-refractivity contribution in [1.82, 2.24) is 14.9 Å². The molecule has 0 saturated carbocycles. The Labute approximate surface area is 190 Å². The predicted molar refractivity (Wildman–Crippen MR) is 122 cm³/mol. The largest absolute Gasteiger partial charge is 0.497 e. The lowest BCUT2D eigenvalue weighted by molar-refractivity contribution is 0.0941. The molecule has 2 aromatic carbocycles. The van der Waals surface area contributed by atoms with Gasteiger partial charge in [-0.3, -0.25) is 4.79 Å². The van der Waals surface area contributed by atoms with Crippen molar-refractivity contribution in [2.24, 2.45) is 0 Å². The first kappa shape index (κ1) is 24.2. The summed E-state index contributed by atoms with van der Waals surface area (Å²) in [6.07, 6.45) is 1.72. The number of nitrogens with one attached hydrogen (secondary N) is 2. The minimum absolute atomic E-state index is 0.0217. The van der Waals surface area contributed by atoms with Crippen LogP contribution in [0.4, 0.5) is 0 Å². The second kappa shape index (κ2) is 10.9. The van der Waals surface area contributed by atoms with Crippen LogP contribution in [0.25, 0.3) is 0 Å². The number of hydrogen-bond acceptors (Lipinski definition) is 6. The van der Waals surface area contributed by atoms with Gasteiger partial charge in [-0.1, -0.05) is 12.1 Å². The van der Waals surface area contributed by atoms with Crippen molar-refractivity contribution < 1.29 is 22.7 Å². The molecule has 174 valence electrons. The lowest BCUT2D eigenvalue weighted by atomic mass is 10.1. The molecule has 9 heteroatoms. The smallest absolute Gasteiger partial charge is 0.251 e. The maximum absolute atomic E-state index is 12.6. The van der Waals surface area contributed by atoms with E-state index >= 15 is 0 Å². The molecule has 2 atom stereocenters. The average molecular weight is 462 g/mol. The van der Waals surface area contributed by atoms with E-state index in [-0.39, 0.29) is 29.5 Å². The number of hydrogen-bond donors (Lipinski definition) is 2. The van der Waals surface area contributed by atoms with Crippen LogP contribution in [0.1, 0.15) is 34.8 Å². The molecule has 0 aromatic heterocycles. The molecule has 32 heavy (non-hydrogen) atoms. The molecule has 2 aromatic rings. The highest BCUT2D eigenvalue weighted by atomic mass is 32.2. The number of carbonyl (C=O) groups is 1. The summed E-state index contributed by atoms with van der Waals surface area (Å²) < 4.78 is 38.2. The topological polar surface area (TPSA) is 97.0 Å². The highest BCUT2D eigenvalue weighted by Crippen LogP contribution is 2.21. The maximum Gasteiger partial charge on any atom is 0.251 e. The van der Waals surface area contributed by atoms with Crippen molar-refractivity contribution in [3.05, 3.63) is 59.7 Å². The molecule has 8 nitrogen and oxygen atoms in total. The molecule has 1 fully saturated rings. The number of sulfonamides is 1. The van der Waals surface area contributed by atoms with E-state index < -0.39 is 10.0 Å². The SMILES string of the molecule is COc1ccc([C@@H](CNC(=O)c2ccc(S(=O)(=O)NC[C@@H]3CCCO3)cc2)N(C)C)cc1. The van der Waals surface area contributed by atoms with E-state index in [1.807, 2.05) is 43.3 Å². The summed E-state index contributed by atoms with van der Waals surface area (Å²) in [5.41, 5.74) is 1.45. The van der Waals surface area contributed by atoms with Gasteiger partial charge in [-0.2, -0.15) is 0 Å². The van der Waals surface area contributed by atoms with Gasteiger partial charge in [-0.15, -0.1) is 0 Å². The van der Waals surface area contributed by atoms with Crippen LogP contribution in [0, 0.1) is 0 Å². The Morgan fingerprint density at radius 1 is 1.16 bits per heavy atom. The van der Waals surface area contributed by atoms with Crippen LogP contribution in [0.2, 0.25) is 0 Å². The van der Waals surface area contributed by atoms with Crippen molar-refractivity contribution in [2.45, 2.75) is 29.9 Å². The maximum atomic E-state index is 12.6. The van der Waals surface area contributed by atoms with E-state index in [0.29, 0.717) is 18.7 Å². The normalized spacial score (nSPS) is 17.3. The van der Waals surface area contributed by atoms with E-state index in [9.17, 15) is 13.2 Å². The molecule has 1 aliphatic rings. The third-order valence-corrected chi connectivity index (χ3v) is 6.97. The van der Waals surface area contributed by atoms with Crippen LogP contribution in [-0.2, 0) is 14.8 Å². The number of amides is 1. The minimum atomic E-state index is -3.65. The second-order valence-electron chi connectivity index (χ2n) is 7.97. The van der Waals surface area contributed by atoms with Gasteiger partial charge in [0.15, 0.2) is 0 Å². The molecule has 1 aliphatic heterocycles. The molecule has 1 heterocycles. The van der Waals surface area contributed by atoms with Crippen LogP contribution in [-0.4, -0.2) is 66.2 Å². The summed E-state index contributed by atoms with van der Waals surface area (Å²) in [6.45, 7) is 1.33. The highest BCUT2D eigenvalue weighted by molar-refractivity contribution is 7.89. The monoisotopic (exact) mass is 461 g/mol. The molecule has 0 unspecified atom stereocenters. The van der Waals surface area contributed by atoms with Gasteiger partial charge in [0.2, 0.25) is 10.0 Å². The predicted octanol–water partition coefficient (Wildman–Crippen LogP) is 2.19. The molecule has 0 radical (unpaired) electrons.